The molecule has 0 saturated carbocycles. The fourth-order valence-corrected chi connectivity index (χ4v) is 3.56. The molecule has 0 rings (SSSR count). The van der Waals surface area contributed by atoms with Gasteiger partial charge in [-0.15, -0.1) is 0 Å². The summed E-state index contributed by atoms with van der Waals surface area (Å²) in [5.74, 6) is 0. The van der Waals surface area contributed by atoms with Gasteiger partial charge >= 0.3 is 0 Å². The molecule has 0 aromatic rings. The monoisotopic (exact) mass is 394 g/mol. The summed E-state index contributed by atoms with van der Waals surface area (Å²) in [5.41, 5.74) is 0. The SMILES string of the molecule is CC(C)(C)[Si](C)(C)OCC(O)COCC(O)CO[Si](C)(C)C(C)(C)C. The first-order valence-corrected chi connectivity index (χ1v) is 15.0. The zero-order chi connectivity index (χ0) is 20.1. The Labute approximate surface area is 157 Å². The van der Waals surface area contributed by atoms with Crippen molar-refractivity contribution in [1.82, 2.24) is 0 Å². The zero-order valence-electron chi connectivity index (χ0n) is 18.1. The Morgan fingerprint density at radius 1 is 0.640 bits per heavy atom. The molecule has 0 amide bonds. The van der Waals surface area contributed by atoms with E-state index in [1.807, 2.05) is 0 Å². The third-order valence-electron chi connectivity index (χ3n) is 5.51. The molecule has 0 saturated heterocycles. The Kier molecular flexibility index (Phi) is 9.52. The molecule has 5 nitrogen and oxygen atoms in total. The lowest BCUT2D eigenvalue weighted by molar-refractivity contribution is -0.0334. The third-order valence-corrected chi connectivity index (χ3v) is 14.5. The summed E-state index contributed by atoms with van der Waals surface area (Å²) in [7, 11) is -3.72. The van der Waals surface area contributed by atoms with Gasteiger partial charge in [-0.25, -0.2) is 0 Å². The molecule has 0 aromatic heterocycles. The van der Waals surface area contributed by atoms with Crippen molar-refractivity contribution < 1.29 is 23.8 Å². The van der Waals surface area contributed by atoms with Crippen LogP contribution in [0.25, 0.3) is 0 Å². The lowest BCUT2D eigenvalue weighted by atomic mass is 10.2. The van der Waals surface area contributed by atoms with Crippen molar-refractivity contribution in [3.8, 4) is 0 Å². The largest absolute Gasteiger partial charge is 0.414 e. The summed E-state index contributed by atoms with van der Waals surface area (Å²) < 4.78 is 17.4. The van der Waals surface area contributed by atoms with Gasteiger partial charge in [0.25, 0.3) is 0 Å². The summed E-state index contributed by atoms with van der Waals surface area (Å²) in [4.78, 5) is 0. The Morgan fingerprint density at radius 2 is 0.920 bits per heavy atom. The van der Waals surface area contributed by atoms with Crippen molar-refractivity contribution in [3.05, 3.63) is 0 Å². The van der Waals surface area contributed by atoms with E-state index in [9.17, 15) is 10.2 Å². The summed E-state index contributed by atoms with van der Waals surface area (Å²) in [6.07, 6.45) is -1.36. The van der Waals surface area contributed by atoms with E-state index < -0.39 is 28.8 Å². The first-order chi connectivity index (χ1) is 11.0. The van der Waals surface area contributed by atoms with Crippen LogP contribution in [0.1, 0.15) is 41.5 Å². The first kappa shape index (κ1) is 25.2. The van der Waals surface area contributed by atoms with E-state index in [2.05, 4.69) is 67.7 Å². The van der Waals surface area contributed by atoms with Gasteiger partial charge in [0.2, 0.25) is 0 Å². The molecule has 0 aromatic carbocycles. The van der Waals surface area contributed by atoms with Crippen LogP contribution in [0.3, 0.4) is 0 Å². The quantitative estimate of drug-likeness (QED) is 0.552. The van der Waals surface area contributed by atoms with Crippen molar-refractivity contribution in [2.24, 2.45) is 0 Å². The van der Waals surface area contributed by atoms with Gasteiger partial charge in [0.05, 0.1) is 38.6 Å². The van der Waals surface area contributed by atoms with E-state index in [4.69, 9.17) is 13.6 Å². The van der Waals surface area contributed by atoms with Gasteiger partial charge in [0, 0.05) is 0 Å². The molecule has 152 valence electrons. The molecule has 0 aliphatic heterocycles. The number of aliphatic hydroxyl groups excluding tert-OH is 2. The van der Waals surface area contributed by atoms with E-state index in [1.54, 1.807) is 0 Å². The standard InChI is InChI=1S/C18H42O5Si2/c1-17(2,3)24(7,8)22-13-15(19)11-21-12-16(20)14-23-25(9,10)18(4,5)6/h15-16,19-20H,11-14H2,1-10H3. The number of ether oxygens (including phenoxy) is 1. The Morgan fingerprint density at radius 3 is 1.16 bits per heavy atom. The summed E-state index contributed by atoms with van der Waals surface area (Å²) in [5, 5.41) is 20.3. The van der Waals surface area contributed by atoms with Crippen LogP contribution < -0.4 is 0 Å². The summed E-state index contributed by atoms with van der Waals surface area (Å²) in [6.45, 7) is 22.5. The summed E-state index contributed by atoms with van der Waals surface area (Å²) in [6, 6.07) is 0. The highest BCUT2D eigenvalue weighted by molar-refractivity contribution is 6.74. The van der Waals surface area contributed by atoms with Crippen LogP contribution in [0.5, 0.6) is 0 Å². The Balaban J connectivity index is 4.07. The van der Waals surface area contributed by atoms with E-state index in [0.717, 1.165) is 0 Å². The van der Waals surface area contributed by atoms with Gasteiger partial charge in [0.1, 0.15) is 0 Å². The van der Waals surface area contributed by atoms with Crippen LogP contribution in [-0.2, 0) is 13.6 Å². The Hall–Kier alpha value is 0.234. The minimum atomic E-state index is -1.86. The lowest BCUT2D eigenvalue weighted by Crippen LogP contribution is -2.44. The molecule has 2 N–H and O–H groups in total. The normalized spacial score (nSPS) is 16.8. The van der Waals surface area contributed by atoms with Crippen LogP contribution >= 0.6 is 0 Å². The van der Waals surface area contributed by atoms with Crippen LogP contribution in [-0.4, -0.2) is 65.5 Å². The molecular weight excluding hydrogens is 352 g/mol. The van der Waals surface area contributed by atoms with E-state index >= 15 is 0 Å². The van der Waals surface area contributed by atoms with Crippen molar-refractivity contribution >= 4 is 16.6 Å². The highest BCUT2D eigenvalue weighted by atomic mass is 28.4. The van der Waals surface area contributed by atoms with Gasteiger partial charge in [-0.1, -0.05) is 41.5 Å². The van der Waals surface area contributed by atoms with Gasteiger partial charge < -0.3 is 23.8 Å². The molecule has 0 fully saturated rings. The zero-order valence-corrected chi connectivity index (χ0v) is 20.1. The van der Waals surface area contributed by atoms with E-state index in [1.165, 1.54) is 0 Å². The smallest absolute Gasteiger partial charge is 0.192 e. The van der Waals surface area contributed by atoms with Crippen molar-refractivity contribution in [1.29, 1.82) is 0 Å². The van der Waals surface area contributed by atoms with Crippen LogP contribution in [0.15, 0.2) is 0 Å². The second-order valence-corrected chi connectivity index (χ2v) is 19.6. The molecule has 0 aliphatic carbocycles. The average Bonchev–Trinajstić information content (AvgIpc) is 2.40. The van der Waals surface area contributed by atoms with Crippen LogP contribution in [0, 0.1) is 0 Å². The third kappa shape index (κ3) is 9.12. The fourth-order valence-electron chi connectivity index (χ4n) is 1.48. The molecule has 0 bridgehead atoms. The van der Waals surface area contributed by atoms with Crippen LogP contribution in [0.2, 0.25) is 36.3 Å². The van der Waals surface area contributed by atoms with E-state index in [0.29, 0.717) is 0 Å². The predicted octanol–water partition coefficient (Wildman–Crippen LogP) is 3.77. The first-order valence-electron chi connectivity index (χ1n) is 9.21. The molecular formula is C18H42O5Si2. The maximum absolute atomic E-state index is 10.0. The number of hydrogen-bond donors (Lipinski definition) is 2. The molecule has 0 aliphatic rings. The highest BCUT2D eigenvalue weighted by Gasteiger charge is 2.38. The predicted molar refractivity (Wildman–Crippen MR) is 109 cm³/mol. The lowest BCUT2D eigenvalue weighted by Gasteiger charge is -2.37. The second kappa shape index (κ2) is 9.44. The fraction of sp³-hybridized carbons (Fsp3) is 1.00. The van der Waals surface area contributed by atoms with E-state index in [-0.39, 0.29) is 36.5 Å². The van der Waals surface area contributed by atoms with Gasteiger partial charge in [-0.05, 0) is 36.3 Å². The number of aliphatic hydroxyl groups is 2. The van der Waals surface area contributed by atoms with Gasteiger partial charge in [0.15, 0.2) is 16.6 Å². The van der Waals surface area contributed by atoms with Crippen molar-refractivity contribution in [2.45, 2.75) is 90.0 Å². The maximum atomic E-state index is 10.0. The molecule has 0 heterocycles. The topological polar surface area (TPSA) is 68.2 Å². The van der Waals surface area contributed by atoms with Crippen molar-refractivity contribution in [2.75, 3.05) is 26.4 Å². The minimum Gasteiger partial charge on any atom is -0.414 e. The van der Waals surface area contributed by atoms with Crippen LogP contribution in [0.4, 0.5) is 0 Å². The molecule has 25 heavy (non-hydrogen) atoms. The van der Waals surface area contributed by atoms with Gasteiger partial charge in [-0.3, -0.25) is 0 Å². The average molecular weight is 395 g/mol. The van der Waals surface area contributed by atoms with Gasteiger partial charge in [-0.2, -0.15) is 0 Å². The molecule has 7 heteroatoms. The molecule has 0 spiro atoms. The molecule has 0 radical (unpaired) electrons. The maximum Gasteiger partial charge on any atom is 0.192 e. The summed E-state index contributed by atoms with van der Waals surface area (Å²) >= 11 is 0. The van der Waals surface area contributed by atoms with Crippen molar-refractivity contribution in [3.63, 3.8) is 0 Å². The second-order valence-electron chi connectivity index (χ2n) is 9.99. The molecule has 2 atom stereocenters. The Bertz CT molecular complexity index is 350. The molecule has 2 unspecified atom stereocenters. The minimum absolute atomic E-state index is 0.116. The number of rotatable bonds is 10. The highest BCUT2D eigenvalue weighted by Crippen LogP contribution is 2.37. The number of hydrogen-bond acceptors (Lipinski definition) is 5.